The molecule has 0 aliphatic heterocycles. The average Bonchev–Trinajstić information content (AvgIpc) is 2.77. The second-order valence-corrected chi connectivity index (χ2v) is 4.31. The molecule has 0 aliphatic rings. The lowest BCUT2D eigenvalue weighted by atomic mass is 10.1. The summed E-state index contributed by atoms with van der Waals surface area (Å²) in [4.78, 5) is 26.9. The molecule has 1 heterocycles. The van der Waals surface area contributed by atoms with Gasteiger partial charge in [-0.2, -0.15) is 5.90 Å². The van der Waals surface area contributed by atoms with Gasteiger partial charge in [0.15, 0.2) is 0 Å². The number of fused-ring (bicyclic) bond motifs is 1. The van der Waals surface area contributed by atoms with Crippen LogP contribution >= 0.6 is 0 Å². The molecule has 100 valence electrons. The monoisotopic (exact) mass is 261 g/mol. The molecule has 0 bridgehead atoms. The Labute approximate surface area is 109 Å². The number of rotatable bonds is 3. The van der Waals surface area contributed by atoms with Gasteiger partial charge in [0.05, 0.1) is 5.52 Å². The van der Waals surface area contributed by atoms with Crippen molar-refractivity contribution in [2.75, 3.05) is 0 Å². The number of nitrogens with two attached hydrogens (primary N) is 2. The third-order valence-electron chi connectivity index (χ3n) is 2.99. The van der Waals surface area contributed by atoms with Gasteiger partial charge >= 0.3 is 5.97 Å². The predicted molar refractivity (Wildman–Crippen MR) is 70.2 cm³/mol. The van der Waals surface area contributed by atoms with Crippen molar-refractivity contribution >= 4 is 22.8 Å². The van der Waals surface area contributed by atoms with Crippen molar-refractivity contribution < 1.29 is 14.4 Å². The van der Waals surface area contributed by atoms with E-state index < -0.39 is 12.0 Å². The summed E-state index contributed by atoms with van der Waals surface area (Å²) < 4.78 is 1.53. The topological polar surface area (TPSA) is 100 Å². The number of nitrogens with zero attached hydrogens (tertiary/aromatic N) is 1. The fraction of sp³-hybridized carbons (Fsp3) is 0.231. The van der Waals surface area contributed by atoms with Gasteiger partial charge in [0, 0.05) is 24.9 Å². The van der Waals surface area contributed by atoms with Gasteiger partial charge in [-0.1, -0.05) is 18.2 Å². The van der Waals surface area contributed by atoms with Crippen LogP contribution in [0.4, 0.5) is 0 Å². The van der Waals surface area contributed by atoms with E-state index in [1.807, 2.05) is 24.3 Å². The van der Waals surface area contributed by atoms with Crippen LogP contribution in [0, 0.1) is 0 Å². The molecular weight excluding hydrogens is 246 g/mol. The number of hydrogen-bond acceptors (Lipinski definition) is 5. The van der Waals surface area contributed by atoms with Crippen LogP contribution in [0.2, 0.25) is 0 Å². The summed E-state index contributed by atoms with van der Waals surface area (Å²) in [6, 6.07) is 6.58. The minimum atomic E-state index is -0.851. The molecule has 0 saturated carbocycles. The highest BCUT2D eigenvalue weighted by Gasteiger charge is 2.18. The Morgan fingerprint density at radius 3 is 2.68 bits per heavy atom. The molecule has 0 spiro atoms. The highest BCUT2D eigenvalue weighted by molar-refractivity contribution is 5.94. The van der Waals surface area contributed by atoms with Gasteiger partial charge in [-0.25, -0.2) is 4.79 Å². The van der Waals surface area contributed by atoms with E-state index in [0.29, 0.717) is 0 Å². The number of benzene rings is 1. The fourth-order valence-electron chi connectivity index (χ4n) is 2.08. The second-order valence-electron chi connectivity index (χ2n) is 4.31. The maximum Gasteiger partial charge on any atom is 0.341 e. The van der Waals surface area contributed by atoms with Crippen molar-refractivity contribution in [3.8, 4) is 0 Å². The molecule has 1 aromatic heterocycles. The molecule has 0 saturated heterocycles. The first kappa shape index (κ1) is 13.3. The van der Waals surface area contributed by atoms with Crippen molar-refractivity contribution in [2.45, 2.75) is 19.4 Å². The summed E-state index contributed by atoms with van der Waals surface area (Å²) in [6.45, 7) is 1.48. The zero-order chi connectivity index (χ0) is 14.0. The predicted octanol–water partition coefficient (Wildman–Crippen LogP) is 0.588. The molecule has 2 aromatic rings. The molecule has 6 heteroatoms. The largest absolute Gasteiger partial charge is 0.372 e. The Balaban J connectivity index is 2.44. The third-order valence-corrected chi connectivity index (χ3v) is 2.99. The van der Waals surface area contributed by atoms with E-state index in [-0.39, 0.29) is 12.3 Å². The molecule has 2 rings (SSSR count). The summed E-state index contributed by atoms with van der Waals surface area (Å²) in [5.41, 5.74) is 7.29. The highest BCUT2D eigenvalue weighted by Crippen LogP contribution is 2.22. The number of carbonyl (C=O) groups excluding carboxylic acids is 2. The lowest BCUT2D eigenvalue weighted by Crippen LogP contribution is -2.35. The Kier molecular flexibility index (Phi) is 3.64. The van der Waals surface area contributed by atoms with E-state index in [2.05, 4.69) is 4.84 Å². The van der Waals surface area contributed by atoms with E-state index in [0.717, 1.165) is 16.5 Å². The van der Waals surface area contributed by atoms with E-state index in [4.69, 9.17) is 11.6 Å². The SMILES string of the molecule is CC(=O)n1cc(CC(N)C(=O)ON)c2ccccc21. The van der Waals surface area contributed by atoms with Gasteiger partial charge in [0.2, 0.25) is 5.91 Å². The van der Waals surface area contributed by atoms with Crippen LogP contribution < -0.4 is 11.6 Å². The van der Waals surface area contributed by atoms with Crippen molar-refractivity contribution in [2.24, 2.45) is 11.6 Å². The Morgan fingerprint density at radius 2 is 2.05 bits per heavy atom. The molecule has 1 atom stereocenters. The first-order valence-corrected chi connectivity index (χ1v) is 5.80. The maximum absolute atomic E-state index is 11.6. The summed E-state index contributed by atoms with van der Waals surface area (Å²) >= 11 is 0. The van der Waals surface area contributed by atoms with Gasteiger partial charge in [-0.05, 0) is 11.6 Å². The Hall–Kier alpha value is -2.18. The number of para-hydroxylation sites is 1. The first-order chi connectivity index (χ1) is 9.04. The summed E-state index contributed by atoms with van der Waals surface area (Å²) in [5.74, 6) is 4.02. The Bertz CT molecular complexity index is 633. The maximum atomic E-state index is 11.6. The molecule has 6 nitrogen and oxygen atoms in total. The molecule has 0 aliphatic carbocycles. The van der Waals surface area contributed by atoms with Crippen LogP contribution in [0.5, 0.6) is 0 Å². The van der Waals surface area contributed by atoms with Crippen LogP contribution in [0.25, 0.3) is 10.9 Å². The molecule has 1 aromatic carbocycles. The van der Waals surface area contributed by atoms with Gasteiger partial charge in [0.1, 0.15) is 6.04 Å². The summed E-state index contributed by atoms with van der Waals surface area (Å²) in [5, 5.41) is 0.887. The second kappa shape index (κ2) is 5.21. The number of aromatic nitrogens is 1. The van der Waals surface area contributed by atoms with Crippen LogP contribution in [-0.2, 0) is 16.1 Å². The quantitative estimate of drug-likeness (QED) is 0.787. The van der Waals surface area contributed by atoms with Crippen molar-refractivity contribution in [3.05, 3.63) is 36.0 Å². The molecule has 1 unspecified atom stereocenters. The van der Waals surface area contributed by atoms with Crippen LogP contribution in [0.3, 0.4) is 0 Å². The highest BCUT2D eigenvalue weighted by atomic mass is 16.7. The zero-order valence-electron chi connectivity index (χ0n) is 10.5. The number of hydrogen-bond donors (Lipinski definition) is 2. The van der Waals surface area contributed by atoms with Gasteiger partial charge in [-0.15, -0.1) is 0 Å². The standard InChI is InChI=1S/C13H15N3O3/c1-8(17)16-7-9(6-11(14)13(18)19-15)10-4-2-3-5-12(10)16/h2-5,7,11H,6,14-15H2,1H3. The van der Waals surface area contributed by atoms with E-state index in [1.165, 1.54) is 11.5 Å². The Morgan fingerprint density at radius 1 is 1.37 bits per heavy atom. The zero-order valence-corrected chi connectivity index (χ0v) is 10.5. The van der Waals surface area contributed by atoms with Crippen LogP contribution in [0.1, 0.15) is 17.3 Å². The molecule has 4 N–H and O–H groups in total. The molecule has 0 fully saturated rings. The van der Waals surface area contributed by atoms with Gasteiger partial charge in [0.25, 0.3) is 0 Å². The van der Waals surface area contributed by atoms with Gasteiger partial charge < -0.3 is 10.6 Å². The summed E-state index contributed by atoms with van der Waals surface area (Å²) in [7, 11) is 0. The van der Waals surface area contributed by atoms with E-state index in [1.54, 1.807) is 6.20 Å². The first-order valence-electron chi connectivity index (χ1n) is 5.80. The fourth-order valence-corrected chi connectivity index (χ4v) is 2.08. The van der Waals surface area contributed by atoms with Crippen molar-refractivity contribution in [1.82, 2.24) is 4.57 Å². The lowest BCUT2D eigenvalue weighted by Gasteiger charge is -2.07. The van der Waals surface area contributed by atoms with E-state index in [9.17, 15) is 9.59 Å². The molecule has 0 radical (unpaired) electrons. The molecular formula is C13H15N3O3. The van der Waals surface area contributed by atoms with E-state index >= 15 is 0 Å². The number of carbonyl (C=O) groups is 2. The van der Waals surface area contributed by atoms with Crippen LogP contribution in [0.15, 0.2) is 30.5 Å². The third kappa shape index (κ3) is 2.49. The molecule has 0 amide bonds. The smallest absolute Gasteiger partial charge is 0.341 e. The van der Waals surface area contributed by atoms with Gasteiger partial charge in [-0.3, -0.25) is 9.36 Å². The normalized spacial score (nSPS) is 12.4. The van der Waals surface area contributed by atoms with Crippen molar-refractivity contribution in [1.29, 1.82) is 0 Å². The minimum absolute atomic E-state index is 0.0996. The summed E-state index contributed by atoms with van der Waals surface area (Å²) in [6.07, 6.45) is 1.95. The minimum Gasteiger partial charge on any atom is -0.372 e. The average molecular weight is 261 g/mol. The van der Waals surface area contributed by atoms with Crippen LogP contribution in [-0.4, -0.2) is 22.5 Å². The van der Waals surface area contributed by atoms with Crippen molar-refractivity contribution in [3.63, 3.8) is 0 Å². The lowest BCUT2D eigenvalue weighted by molar-refractivity contribution is -0.145. The molecule has 19 heavy (non-hydrogen) atoms.